The van der Waals surface area contributed by atoms with E-state index in [2.05, 4.69) is 17.3 Å². The van der Waals surface area contributed by atoms with E-state index >= 15 is 0 Å². The van der Waals surface area contributed by atoms with Crippen LogP contribution in [0.4, 0.5) is 0 Å². The molecule has 2 aromatic rings. The van der Waals surface area contributed by atoms with E-state index < -0.39 is 0 Å². The van der Waals surface area contributed by atoms with Crippen molar-refractivity contribution in [3.05, 3.63) is 42.0 Å². The van der Waals surface area contributed by atoms with Gasteiger partial charge in [-0.05, 0) is 68.7 Å². The SMILES string of the molecule is CN1CCC(N(C)C(=O)c2cc3ccccc3cc2OCC(=O)NC2CC2)CC1. The van der Waals surface area contributed by atoms with Crippen LogP contribution in [-0.4, -0.2) is 67.5 Å². The van der Waals surface area contributed by atoms with Crippen LogP contribution in [0.2, 0.25) is 0 Å². The largest absolute Gasteiger partial charge is 0.483 e. The van der Waals surface area contributed by atoms with Gasteiger partial charge in [-0.2, -0.15) is 0 Å². The third-order valence-corrected chi connectivity index (χ3v) is 5.94. The molecule has 0 aromatic heterocycles. The van der Waals surface area contributed by atoms with E-state index in [1.165, 1.54) is 0 Å². The van der Waals surface area contributed by atoms with Gasteiger partial charge >= 0.3 is 0 Å². The first-order chi connectivity index (χ1) is 14.0. The molecular weight excluding hydrogens is 366 g/mol. The molecule has 2 aromatic carbocycles. The number of nitrogens with one attached hydrogen (secondary N) is 1. The summed E-state index contributed by atoms with van der Waals surface area (Å²) >= 11 is 0. The number of fused-ring (bicyclic) bond motifs is 1. The van der Waals surface area contributed by atoms with Crippen molar-refractivity contribution in [2.24, 2.45) is 0 Å². The second-order valence-electron chi connectivity index (χ2n) is 8.28. The number of carbonyl (C=O) groups excluding carboxylic acids is 2. The summed E-state index contributed by atoms with van der Waals surface area (Å²) in [6, 6.07) is 12.2. The topological polar surface area (TPSA) is 61.9 Å². The molecule has 0 radical (unpaired) electrons. The molecule has 0 spiro atoms. The van der Waals surface area contributed by atoms with Gasteiger partial charge < -0.3 is 19.9 Å². The lowest BCUT2D eigenvalue weighted by atomic mass is 10.0. The average Bonchev–Trinajstić information content (AvgIpc) is 3.55. The highest BCUT2D eigenvalue weighted by Crippen LogP contribution is 2.29. The fraction of sp³-hybridized carbons (Fsp3) is 0.478. The van der Waals surface area contributed by atoms with Gasteiger partial charge in [0.05, 0.1) is 5.56 Å². The zero-order chi connectivity index (χ0) is 20.4. The Labute approximate surface area is 171 Å². The van der Waals surface area contributed by atoms with E-state index in [1.54, 1.807) is 0 Å². The number of ether oxygens (including phenoxy) is 1. The summed E-state index contributed by atoms with van der Waals surface area (Å²) in [5.74, 6) is 0.282. The van der Waals surface area contributed by atoms with E-state index in [0.717, 1.165) is 49.5 Å². The molecule has 6 heteroatoms. The van der Waals surface area contributed by atoms with Gasteiger partial charge in [-0.3, -0.25) is 9.59 Å². The number of rotatable bonds is 6. The zero-order valence-corrected chi connectivity index (χ0v) is 17.2. The lowest BCUT2D eigenvalue weighted by Gasteiger charge is -2.35. The van der Waals surface area contributed by atoms with Crippen molar-refractivity contribution >= 4 is 22.6 Å². The molecule has 1 N–H and O–H groups in total. The molecule has 0 atom stereocenters. The smallest absolute Gasteiger partial charge is 0.258 e. The Kier molecular flexibility index (Phi) is 5.72. The molecule has 1 saturated carbocycles. The number of hydrogen-bond acceptors (Lipinski definition) is 4. The third kappa shape index (κ3) is 4.70. The van der Waals surface area contributed by atoms with E-state index in [9.17, 15) is 9.59 Å². The number of carbonyl (C=O) groups is 2. The molecule has 29 heavy (non-hydrogen) atoms. The van der Waals surface area contributed by atoms with Crippen molar-refractivity contribution in [3.8, 4) is 5.75 Å². The summed E-state index contributed by atoms with van der Waals surface area (Å²) < 4.78 is 5.84. The van der Waals surface area contributed by atoms with Crippen molar-refractivity contribution in [2.45, 2.75) is 37.8 Å². The molecule has 6 nitrogen and oxygen atoms in total. The average molecular weight is 396 g/mol. The van der Waals surface area contributed by atoms with Gasteiger partial charge in [-0.25, -0.2) is 0 Å². The van der Waals surface area contributed by atoms with Crippen LogP contribution < -0.4 is 10.1 Å². The van der Waals surface area contributed by atoms with Gasteiger partial charge in [0.25, 0.3) is 11.8 Å². The van der Waals surface area contributed by atoms with Crippen LogP contribution in [0.5, 0.6) is 5.75 Å². The summed E-state index contributed by atoms with van der Waals surface area (Å²) in [5, 5.41) is 4.90. The summed E-state index contributed by atoms with van der Waals surface area (Å²) in [6.07, 6.45) is 4.00. The Balaban J connectivity index is 1.56. The molecule has 0 unspecified atom stereocenters. The maximum atomic E-state index is 13.4. The number of benzene rings is 2. The maximum absolute atomic E-state index is 13.4. The number of piperidine rings is 1. The number of amides is 2. The molecule has 2 fully saturated rings. The highest BCUT2D eigenvalue weighted by molar-refractivity contribution is 6.01. The molecule has 1 aliphatic heterocycles. The monoisotopic (exact) mass is 395 g/mol. The van der Waals surface area contributed by atoms with Crippen LogP contribution in [0.25, 0.3) is 10.8 Å². The highest BCUT2D eigenvalue weighted by Gasteiger charge is 2.27. The van der Waals surface area contributed by atoms with Gasteiger partial charge in [0.1, 0.15) is 5.75 Å². The van der Waals surface area contributed by atoms with Crippen molar-refractivity contribution < 1.29 is 14.3 Å². The van der Waals surface area contributed by atoms with E-state index in [0.29, 0.717) is 17.4 Å². The van der Waals surface area contributed by atoms with Gasteiger partial charge in [-0.15, -0.1) is 0 Å². The minimum Gasteiger partial charge on any atom is -0.483 e. The normalized spacial score (nSPS) is 17.9. The lowest BCUT2D eigenvalue weighted by molar-refractivity contribution is -0.123. The van der Waals surface area contributed by atoms with E-state index in [4.69, 9.17) is 4.74 Å². The van der Waals surface area contributed by atoms with Gasteiger partial charge in [0.2, 0.25) is 0 Å². The second kappa shape index (κ2) is 8.41. The van der Waals surface area contributed by atoms with Crippen molar-refractivity contribution in [1.29, 1.82) is 0 Å². The Morgan fingerprint density at radius 2 is 1.76 bits per heavy atom. The Bertz CT molecular complexity index is 901. The van der Waals surface area contributed by atoms with Gasteiger partial charge in [0, 0.05) is 19.1 Å². The number of nitrogens with zero attached hydrogens (tertiary/aromatic N) is 2. The first-order valence-electron chi connectivity index (χ1n) is 10.4. The zero-order valence-electron chi connectivity index (χ0n) is 17.2. The predicted octanol–water partition coefficient (Wildman–Crippen LogP) is 2.66. The summed E-state index contributed by atoms with van der Waals surface area (Å²) in [6.45, 7) is 1.91. The van der Waals surface area contributed by atoms with E-state index in [-0.39, 0.29) is 24.5 Å². The minimum atomic E-state index is -0.136. The van der Waals surface area contributed by atoms with Crippen molar-refractivity contribution in [3.63, 3.8) is 0 Å². The molecular formula is C23H29N3O3. The summed E-state index contributed by atoms with van der Waals surface area (Å²) in [5.41, 5.74) is 0.518. The first-order valence-corrected chi connectivity index (χ1v) is 10.4. The molecule has 1 heterocycles. The maximum Gasteiger partial charge on any atom is 0.258 e. The molecule has 0 bridgehead atoms. The van der Waals surface area contributed by atoms with Gasteiger partial charge in [0.15, 0.2) is 6.61 Å². The highest BCUT2D eigenvalue weighted by atomic mass is 16.5. The Morgan fingerprint density at radius 1 is 1.10 bits per heavy atom. The quantitative estimate of drug-likeness (QED) is 0.817. The predicted molar refractivity (Wildman–Crippen MR) is 113 cm³/mol. The fourth-order valence-electron chi connectivity index (χ4n) is 3.88. The molecule has 1 saturated heterocycles. The standard InChI is InChI=1S/C23H29N3O3/c1-25-11-9-19(10-12-25)26(2)23(28)20-13-16-5-3-4-6-17(16)14-21(20)29-15-22(27)24-18-7-8-18/h3-6,13-14,18-19H,7-12,15H2,1-2H3,(H,24,27). The second-order valence-corrected chi connectivity index (χ2v) is 8.28. The first kappa shape index (κ1) is 19.7. The van der Waals surface area contributed by atoms with Crippen molar-refractivity contribution in [1.82, 2.24) is 15.1 Å². The summed E-state index contributed by atoms with van der Waals surface area (Å²) in [7, 11) is 3.98. The Hall–Kier alpha value is -2.60. The van der Waals surface area contributed by atoms with Crippen LogP contribution in [-0.2, 0) is 4.79 Å². The summed E-state index contributed by atoms with van der Waals surface area (Å²) in [4.78, 5) is 29.6. The van der Waals surface area contributed by atoms with Crippen LogP contribution >= 0.6 is 0 Å². The van der Waals surface area contributed by atoms with E-state index in [1.807, 2.05) is 48.3 Å². The molecule has 4 rings (SSSR count). The van der Waals surface area contributed by atoms with Crippen LogP contribution in [0.15, 0.2) is 36.4 Å². The Morgan fingerprint density at radius 3 is 2.41 bits per heavy atom. The number of hydrogen-bond donors (Lipinski definition) is 1. The number of likely N-dealkylation sites (tertiary alicyclic amines) is 1. The minimum absolute atomic E-state index is 0.0529. The lowest BCUT2D eigenvalue weighted by Crippen LogP contribution is -2.44. The van der Waals surface area contributed by atoms with Crippen LogP contribution in [0.3, 0.4) is 0 Å². The molecule has 2 amide bonds. The van der Waals surface area contributed by atoms with Gasteiger partial charge in [-0.1, -0.05) is 24.3 Å². The molecule has 154 valence electrons. The van der Waals surface area contributed by atoms with Crippen molar-refractivity contribution in [2.75, 3.05) is 33.8 Å². The third-order valence-electron chi connectivity index (χ3n) is 5.94. The molecule has 2 aliphatic rings. The molecule has 1 aliphatic carbocycles. The fourth-order valence-corrected chi connectivity index (χ4v) is 3.88. The van der Waals surface area contributed by atoms with Crippen LogP contribution in [0, 0.1) is 0 Å². The van der Waals surface area contributed by atoms with Crippen LogP contribution in [0.1, 0.15) is 36.0 Å².